The fourth-order valence-electron chi connectivity index (χ4n) is 1.03. The van der Waals surface area contributed by atoms with Gasteiger partial charge in [0.2, 0.25) is 0 Å². The minimum absolute atomic E-state index is 0.113. The third kappa shape index (κ3) is 2.22. The molecule has 0 aliphatic carbocycles. The fourth-order valence-corrected chi connectivity index (χ4v) is 1.03. The Hall–Kier alpha value is -0.540. The van der Waals surface area contributed by atoms with Gasteiger partial charge in [0.05, 0.1) is 13.2 Å². The normalized spacial score (nSPS) is 27.6. The van der Waals surface area contributed by atoms with Gasteiger partial charge in [-0.2, -0.15) is 0 Å². The summed E-state index contributed by atoms with van der Waals surface area (Å²) in [6.07, 6.45) is 3.18. The molecule has 0 aromatic rings. The van der Waals surface area contributed by atoms with Gasteiger partial charge < -0.3 is 15.2 Å². The van der Waals surface area contributed by atoms with Gasteiger partial charge in [0.1, 0.15) is 0 Å². The zero-order chi connectivity index (χ0) is 9.24. The van der Waals surface area contributed by atoms with Crippen LogP contribution < -0.4 is 5.73 Å². The molecule has 70 valence electrons. The lowest BCUT2D eigenvalue weighted by Gasteiger charge is -2.39. The van der Waals surface area contributed by atoms with Crippen molar-refractivity contribution in [3.8, 4) is 0 Å². The molecule has 1 saturated heterocycles. The molecule has 1 rings (SSSR count). The first-order valence-electron chi connectivity index (χ1n) is 4.15. The molecule has 0 aromatic heterocycles. The highest BCUT2D eigenvalue weighted by Crippen LogP contribution is 2.29. The van der Waals surface area contributed by atoms with Crippen LogP contribution in [0.25, 0.3) is 0 Å². The van der Waals surface area contributed by atoms with Crippen LogP contribution in [0.1, 0.15) is 20.8 Å². The van der Waals surface area contributed by atoms with Crippen molar-refractivity contribution in [2.75, 3.05) is 13.2 Å². The van der Waals surface area contributed by atoms with E-state index in [1.807, 2.05) is 6.92 Å². The first-order chi connectivity index (χ1) is 5.47. The molecule has 3 heteroatoms. The molecule has 0 spiro atoms. The fraction of sp³-hybridized carbons (Fsp3) is 0.778. The summed E-state index contributed by atoms with van der Waals surface area (Å²) in [5.74, 6) is -0.621. The zero-order valence-corrected chi connectivity index (χ0v) is 7.96. The van der Waals surface area contributed by atoms with Crippen molar-refractivity contribution in [2.45, 2.75) is 26.6 Å². The molecular formula is C9H17NO2. The predicted molar refractivity (Wildman–Crippen MR) is 47.4 cm³/mol. The van der Waals surface area contributed by atoms with Crippen LogP contribution >= 0.6 is 0 Å². The Morgan fingerprint density at radius 1 is 1.17 bits per heavy atom. The molecular weight excluding hydrogens is 154 g/mol. The molecule has 0 bridgehead atoms. The van der Waals surface area contributed by atoms with Crippen molar-refractivity contribution in [2.24, 2.45) is 11.1 Å². The van der Waals surface area contributed by atoms with E-state index in [4.69, 9.17) is 15.2 Å². The molecule has 1 fully saturated rings. The molecule has 1 aliphatic rings. The minimum atomic E-state index is -0.621. The number of ether oxygens (including phenoxy) is 2. The maximum atomic E-state index is 5.53. The molecule has 0 saturated carbocycles. The van der Waals surface area contributed by atoms with E-state index in [0.29, 0.717) is 13.2 Å². The molecule has 0 atom stereocenters. The summed E-state index contributed by atoms with van der Waals surface area (Å²) >= 11 is 0. The van der Waals surface area contributed by atoms with Crippen LogP contribution in [0.15, 0.2) is 12.3 Å². The molecule has 0 amide bonds. The van der Waals surface area contributed by atoms with Gasteiger partial charge in [-0.25, -0.2) is 0 Å². The molecule has 0 unspecified atom stereocenters. The van der Waals surface area contributed by atoms with Crippen LogP contribution in [0.4, 0.5) is 0 Å². The minimum Gasteiger partial charge on any atom is -0.405 e. The van der Waals surface area contributed by atoms with E-state index in [2.05, 4.69) is 13.8 Å². The van der Waals surface area contributed by atoms with Gasteiger partial charge in [-0.3, -0.25) is 0 Å². The summed E-state index contributed by atoms with van der Waals surface area (Å²) < 4.78 is 11.1. The number of hydrogen-bond donors (Lipinski definition) is 1. The molecule has 3 nitrogen and oxygen atoms in total. The quantitative estimate of drug-likeness (QED) is 0.645. The van der Waals surface area contributed by atoms with Crippen LogP contribution in [0.3, 0.4) is 0 Å². The largest absolute Gasteiger partial charge is 0.405 e. The SMILES string of the molecule is CC1(C)COC(C)(/C=C/N)OC1. The Morgan fingerprint density at radius 2 is 1.67 bits per heavy atom. The summed E-state index contributed by atoms with van der Waals surface area (Å²) in [4.78, 5) is 0. The standard InChI is InChI=1S/C9H17NO2/c1-8(2)6-11-9(3,4-5-10)12-7-8/h4-5H,6-7,10H2,1-3H3/b5-4+. The highest BCUT2D eigenvalue weighted by molar-refractivity contribution is 4.93. The molecule has 1 heterocycles. The van der Waals surface area contributed by atoms with Crippen molar-refractivity contribution >= 4 is 0 Å². The Bertz CT molecular complexity index is 177. The van der Waals surface area contributed by atoms with Gasteiger partial charge in [0.15, 0.2) is 5.79 Å². The number of hydrogen-bond acceptors (Lipinski definition) is 3. The zero-order valence-electron chi connectivity index (χ0n) is 7.96. The van der Waals surface area contributed by atoms with E-state index in [-0.39, 0.29) is 5.41 Å². The van der Waals surface area contributed by atoms with Crippen LogP contribution in [0.5, 0.6) is 0 Å². The van der Waals surface area contributed by atoms with Crippen molar-refractivity contribution < 1.29 is 9.47 Å². The highest BCUT2D eigenvalue weighted by Gasteiger charge is 2.34. The van der Waals surface area contributed by atoms with E-state index in [0.717, 1.165) is 0 Å². The monoisotopic (exact) mass is 171 g/mol. The van der Waals surface area contributed by atoms with Crippen LogP contribution in [0, 0.1) is 5.41 Å². The smallest absolute Gasteiger partial charge is 0.186 e. The first kappa shape index (κ1) is 9.55. The predicted octanol–water partition coefficient (Wildman–Crippen LogP) is 1.25. The van der Waals surface area contributed by atoms with Gasteiger partial charge in [0, 0.05) is 5.41 Å². The molecule has 0 aromatic carbocycles. The Labute approximate surface area is 73.5 Å². The molecule has 12 heavy (non-hydrogen) atoms. The lowest BCUT2D eigenvalue weighted by molar-refractivity contribution is -0.262. The first-order valence-corrected chi connectivity index (χ1v) is 4.15. The Balaban J connectivity index is 2.55. The van der Waals surface area contributed by atoms with Crippen LogP contribution in [-0.4, -0.2) is 19.0 Å². The average Bonchev–Trinajstić information content (AvgIpc) is 1.98. The van der Waals surface area contributed by atoms with Crippen molar-refractivity contribution in [1.82, 2.24) is 0 Å². The topological polar surface area (TPSA) is 44.5 Å². The summed E-state index contributed by atoms with van der Waals surface area (Å²) in [7, 11) is 0. The van der Waals surface area contributed by atoms with Gasteiger partial charge in [-0.1, -0.05) is 13.8 Å². The Morgan fingerprint density at radius 3 is 2.08 bits per heavy atom. The highest BCUT2D eigenvalue weighted by atomic mass is 16.7. The van der Waals surface area contributed by atoms with Gasteiger partial charge in [-0.05, 0) is 19.2 Å². The molecule has 1 aliphatic heterocycles. The molecule has 2 N–H and O–H groups in total. The van der Waals surface area contributed by atoms with Crippen LogP contribution in [0.2, 0.25) is 0 Å². The lowest BCUT2D eigenvalue weighted by atomic mass is 9.95. The third-order valence-corrected chi connectivity index (χ3v) is 1.90. The summed E-state index contributed by atoms with van der Waals surface area (Å²) in [6.45, 7) is 7.49. The van der Waals surface area contributed by atoms with Gasteiger partial charge in [-0.15, -0.1) is 0 Å². The van der Waals surface area contributed by atoms with Crippen molar-refractivity contribution in [1.29, 1.82) is 0 Å². The summed E-state index contributed by atoms with van der Waals surface area (Å²) in [5.41, 5.74) is 5.38. The lowest BCUT2D eigenvalue weighted by Crippen LogP contribution is -2.44. The van der Waals surface area contributed by atoms with E-state index in [1.165, 1.54) is 6.20 Å². The number of rotatable bonds is 1. The second kappa shape index (κ2) is 3.07. The second-order valence-electron chi connectivity index (χ2n) is 4.12. The van der Waals surface area contributed by atoms with Gasteiger partial charge >= 0.3 is 0 Å². The Kier molecular flexibility index (Phi) is 2.44. The van der Waals surface area contributed by atoms with Crippen molar-refractivity contribution in [3.05, 3.63) is 12.3 Å². The number of nitrogens with two attached hydrogens (primary N) is 1. The van der Waals surface area contributed by atoms with E-state index >= 15 is 0 Å². The summed E-state index contributed by atoms with van der Waals surface area (Å²) in [6, 6.07) is 0. The van der Waals surface area contributed by atoms with E-state index < -0.39 is 5.79 Å². The average molecular weight is 171 g/mol. The maximum Gasteiger partial charge on any atom is 0.186 e. The van der Waals surface area contributed by atoms with Crippen molar-refractivity contribution in [3.63, 3.8) is 0 Å². The van der Waals surface area contributed by atoms with E-state index in [1.54, 1.807) is 6.08 Å². The van der Waals surface area contributed by atoms with Gasteiger partial charge in [0.25, 0.3) is 0 Å². The summed E-state index contributed by atoms with van der Waals surface area (Å²) in [5, 5.41) is 0. The third-order valence-electron chi connectivity index (χ3n) is 1.90. The maximum absolute atomic E-state index is 5.53. The van der Waals surface area contributed by atoms with Crippen LogP contribution in [-0.2, 0) is 9.47 Å². The van der Waals surface area contributed by atoms with E-state index in [9.17, 15) is 0 Å². The molecule has 0 radical (unpaired) electrons. The second-order valence-corrected chi connectivity index (χ2v) is 4.12.